The minimum Gasteiger partial charge on any atom is -0.497 e. The molecule has 6 nitrogen and oxygen atoms in total. The summed E-state index contributed by atoms with van der Waals surface area (Å²) in [5, 5.41) is 4.06. The molecule has 0 saturated carbocycles. The SMILES string of the molecule is COc1ccc(C(=O)ON=C2CC(C)Oc3cc(OC)ccc32)cc1. The maximum atomic E-state index is 12.2. The van der Waals surface area contributed by atoms with Crippen LogP contribution in [0.4, 0.5) is 0 Å². The van der Waals surface area contributed by atoms with Gasteiger partial charge in [0.2, 0.25) is 0 Å². The summed E-state index contributed by atoms with van der Waals surface area (Å²) in [5.41, 5.74) is 1.86. The molecule has 6 heteroatoms. The van der Waals surface area contributed by atoms with E-state index in [1.165, 1.54) is 0 Å². The van der Waals surface area contributed by atoms with Crippen LogP contribution in [0.2, 0.25) is 0 Å². The van der Waals surface area contributed by atoms with Crippen LogP contribution in [0.5, 0.6) is 17.2 Å². The van der Waals surface area contributed by atoms with Crippen molar-refractivity contribution in [1.82, 2.24) is 0 Å². The minimum absolute atomic E-state index is 0.0713. The fourth-order valence-electron chi connectivity index (χ4n) is 2.57. The first-order chi connectivity index (χ1) is 12.1. The Morgan fingerprint density at radius 1 is 1.08 bits per heavy atom. The quantitative estimate of drug-likeness (QED) is 0.629. The van der Waals surface area contributed by atoms with Crippen LogP contribution < -0.4 is 14.2 Å². The predicted molar refractivity (Wildman–Crippen MR) is 92.6 cm³/mol. The first-order valence-corrected chi connectivity index (χ1v) is 7.88. The molecule has 25 heavy (non-hydrogen) atoms. The van der Waals surface area contributed by atoms with Crippen LogP contribution in [0.25, 0.3) is 0 Å². The predicted octanol–water partition coefficient (Wildman–Crippen LogP) is 3.44. The van der Waals surface area contributed by atoms with Crippen LogP contribution in [0.15, 0.2) is 47.6 Å². The summed E-state index contributed by atoms with van der Waals surface area (Å²) in [4.78, 5) is 17.3. The zero-order chi connectivity index (χ0) is 17.8. The molecule has 130 valence electrons. The molecular formula is C19H19NO5. The molecule has 1 unspecified atom stereocenters. The van der Waals surface area contributed by atoms with Gasteiger partial charge in [-0.3, -0.25) is 0 Å². The molecule has 0 bridgehead atoms. The highest BCUT2D eigenvalue weighted by molar-refractivity contribution is 6.04. The first-order valence-electron chi connectivity index (χ1n) is 7.88. The number of benzene rings is 2. The Kier molecular flexibility index (Phi) is 4.88. The van der Waals surface area contributed by atoms with Gasteiger partial charge in [0.05, 0.1) is 25.5 Å². The number of carbonyl (C=O) groups excluding carboxylic acids is 1. The van der Waals surface area contributed by atoms with Crippen molar-refractivity contribution in [1.29, 1.82) is 0 Å². The van der Waals surface area contributed by atoms with Gasteiger partial charge in [-0.15, -0.1) is 0 Å². The highest BCUT2D eigenvalue weighted by Crippen LogP contribution is 2.31. The van der Waals surface area contributed by atoms with Gasteiger partial charge in [0, 0.05) is 18.1 Å². The molecule has 3 rings (SSSR count). The van der Waals surface area contributed by atoms with Crippen molar-refractivity contribution in [3.05, 3.63) is 53.6 Å². The van der Waals surface area contributed by atoms with Crippen LogP contribution >= 0.6 is 0 Å². The Morgan fingerprint density at radius 2 is 1.76 bits per heavy atom. The molecule has 0 aromatic heterocycles. The van der Waals surface area contributed by atoms with Gasteiger partial charge in [0.25, 0.3) is 0 Å². The summed E-state index contributed by atoms with van der Waals surface area (Å²) >= 11 is 0. The molecule has 0 fully saturated rings. The van der Waals surface area contributed by atoms with Gasteiger partial charge in [-0.05, 0) is 43.3 Å². The van der Waals surface area contributed by atoms with E-state index in [1.807, 2.05) is 19.1 Å². The molecule has 1 heterocycles. The summed E-state index contributed by atoms with van der Waals surface area (Å²) in [6.45, 7) is 1.93. The van der Waals surface area contributed by atoms with Crippen LogP contribution in [0.3, 0.4) is 0 Å². The lowest BCUT2D eigenvalue weighted by molar-refractivity contribution is 0.0513. The fourth-order valence-corrected chi connectivity index (χ4v) is 2.57. The van der Waals surface area contributed by atoms with Gasteiger partial charge in [0.1, 0.15) is 23.4 Å². The molecule has 1 aliphatic rings. The third-order valence-electron chi connectivity index (χ3n) is 3.87. The first kappa shape index (κ1) is 16.8. The number of methoxy groups -OCH3 is 2. The van der Waals surface area contributed by atoms with Gasteiger partial charge in [-0.1, -0.05) is 5.16 Å². The van der Waals surface area contributed by atoms with Gasteiger partial charge in [-0.25, -0.2) is 4.79 Å². The standard InChI is InChI=1S/C19H19NO5/c1-12-10-17(16-9-8-15(23-3)11-18(16)24-12)20-25-19(21)13-4-6-14(22-2)7-5-13/h4-9,11-12H,10H2,1-3H3. The average Bonchev–Trinajstić information content (AvgIpc) is 2.65. The number of hydrogen-bond donors (Lipinski definition) is 0. The van der Waals surface area contributed by atoms with Crippen molar-refractivity contribution in [2.24, 2.45) is 5.16 Å². The zero-order valence-corrected chi connectivity index (χ0v) is 14.3. The average molecular weight is 341 g/mol. The third kappa shape index (κ3) is 3.74. The second kappa shape index (κ2) is 7.25. The summed E-state index contributed by atoms with van der Waals surface area (Å²) in [7, 11) is 3.16. The summed E-state index contributed by atoms with van der Waals surface area (Å²) in [6, 6.07) is 12.1. The van der Waals surface area contributed by atoms with E-state index in [0.717, 1.165) is 5.56 Å². The van der Waals surface area contributed by atoms with Crippen LogP contribution in [0, 0.1) is 0 Å². The van der Waals surface area contributed by atoms with E-state index in [2.05, 4.69) is 5.16 Å². The molecular weight excluding hydrogens is 322 g/mol. The Labute approximate surface area is 146 Å². The largest absolute Gasteiger partial charge is 0.497 e. The van der Waals surface area contributed by atoms with E-state index in [0.29, 0.717) is 34.9 Å². The molecule has 0 radical (unpaired) electrons. The highest BCUT2D eigenvalue weighted by Gasteiger charge is 2.23. The van der Waals surface area contributed by atoms with Crippen LogP contribution in [-0.2, 0) is 4.84 Å². The molecule has 2 aromatic rings. The van der Waals surface area contributed by atoms with Crippen molar-refractivity contribution in [2.75, 3.05) is 14.2 Å². The Balaban J connectivity index is 1.80. The molecule has 2 aromatic carbocycles. The number of carbonyl (C=O) groups is 1. The van der Waals surface area contributed by atoms with E-state index in [4.69, 9.17) is 19.0 Å². The van der Waals surface area contributed by atoms with Crippen molar-refractivity contribution in [3.8, 4) is 17.2 Å². The minimum atomic E-state index is -0.524. The number of rotatable bonds is 4. The van der Waals surface area contributed by atoms with Crippen molar-refractivity contribution in [3.63, 3.8) is 0 Å². The Morgan fingerprint density at radius 3 is 2.44 bits per heavy atom. The molecule has 0 aliphatic carbocycles. The maximum Gasteiger partial charge on any atom is 0.365 e. The third-order valence-corrected chi connectivity index (χ3v) is 3.87. The monoisotopic (exact) mass is 341 g/mol. The number of oxime groups is 1. The number of hydrogen-bond acceptors (Lipinski definition) is 6. The van der Waals surface area contributed by atoms with Gasteiger partial charge >= 0.3 is 5.97 Å². The molecule has 1 aliphatic heterocycles. The Hall–Kier alpha value is -3.02. The van der Waals surface area contributed by atoms with Gasteiger partial charge < -0.3 is 19.0 Å². The Bertz CT molecular complexity index is 798. The van der Waals surface area contributed by atoms with E-state index in [-0.39, 0.29) is 6.10 Å². The molecule has 0 N–H and O–H groups in total. The van der Waals surface area contributed by atoms with E-state index in [9.17, 15) is 4.79 Å². The molecule has 1 atom stereocenters. The molecule has 0 saturated heterocycles. The van der Waals surface area contributed by atoms with Gasteiger partial charge in [-0.2, -0.15) is 0 Å². The highest BCUT2D eigenvalue weighted by atomic mass is 16.7. The second-order valence-electron chi connectivity index (χ2n) is 5.64. The number of nitrogens with zero attached hydrogens (tertiary/aromatic N) is 1. The van der Waals surface area contributed by atoms with Crippen molar-refractivity contribution >= 4 is 11.7 Å². The van der Waals surface area contributed by atoms with Crippen LogP contribution in [-0.4, -0.2) is 32.0 Å². The van der Waals surface area contributed by atoms with E-state index >= 15 is 0 Å². The second-order valence-corrected chi connectivity index (χ2v) is 5.64. The lowest BCUT2D eigenvalue weighted by Crippen LogP contribution is -2.25. The van der Waals surface area contributed by atoms with E-state index < -0.39 is 5.97 Å². The van der Waals surface area contributed by atoms with Crippen molar-refractivity contribution in [2.45, 2.75) is 19.4 Å². The summed E-state index contributed by atoms with van der Waals surface area (Å²) in [5.74, 6) is 1.51. The lowest BCUT2D eigenvalue weighted by Gasteiger charge is -2.24. The van der Waals surface area contributed by atoms with Crippen molar-refractivity contribution < 1.29 is 23.8 Å². The zero-order valence-electron chi connectivity index (χ0n) is 14.3. The number of fused-ring (bicyclic) bond motifs is 1. The fraction of sp³-hybridized carbons (Fsp3) is 0.263. The summed E-state index contributed by atoms with van der Waals surface area (Å²) in [6.07, 6.45) is 0.480. The van der Waals surface area contributed by atoms with Crippen LogP contribution in [0.1, 0.15) is 29.3 Å². The molecule has 0 spiro atoms. The van der Waals surface area contributed by atoms with Gasteiger partial charge in [0.15, 0.2) is 0 Å². The van der Waals surface area contributed by atoms with E-state index in [1.54, 1.807) is 44.6 Å². The lowest BCUT2D eigenvalue weighted by atomic mass is 10.0. The topological polar surface area (TPSA) is 66.4 Å². The smallest absolute Gasteiger partial charge is 0.365 e. The molecule has 0 amide bonds. The number of ether oxygens (including phenoxy) is 3. The maximum absolute atomic E-state index is 12.2. The normalized spacial score (nSPS) is 17.4. The summed E-state index contributed by atoms with van der Waals surface area (Å²) < 4.78 is 16.1.